The minimum atomic E-state index is -0.961. The first-order chi connectivity index (χ1) is 16.4. The molecule has 1 aliphatic rings. The van der Waals surface area contributed by atoms with Crippen LogP contribution < -0.4 is 10.1 Å². The zero-order valence-corrected chi connectivity index (χ0v) is 19.5. The van der Waals surface area contributed by atoms with Crippen molar-refractivity contribution in [2.24, 2.45) is 0 Å². The van der Waals surface area contributed by atoms with Crippen molar-refractivity contribution < 1.29 is 14.6 Å². The number of anilines is 2. The molecule has 0 fully saturated rings. The lowest BCUT2D eigenvalue weighted by Gasteiger charge is -2.26. The lowest BCUT2D eigenvalue weighted by Crippen LogP contribution is -2.26. The van der Waals surface area contributed by atoms with Gasteiger partial charge in [-0.2, -0.15) is 10.1 Å². The van der Waals surface area contributed by atoms with E-state index >= 15 is 0 Å². The van der Waals surface area contributed by atoms with Gasteiger partial charge in [-0.05, 0) is 42.8 Å². The fourth-order valence-electron chi connectivity index (χ4n) is 4.25. The topological polar surface area (TPSA) is 105 Å². The smallest absolute Gasteiger partial charge is 0.309 e. The Bertz CT molecular complexity index is 1400. The number of carboxylic acids is 1. The summed E-state index contributed by atoms with van der Waals surface area (Å²) in [6, 6.07) is 11.5. The van der Waals surface area contributed by atoms with Crippen LogP contribution in [0.1, 0.15) is 16.8 Å². The molecule has 1 aliphatic heterocycles. The second-order valence-electron chi connectivity index (χ2n) is 8.25. The molecule has 9 nitrogen and oxygen atoms in total. The van der Waals surface area contributed by atoms with Gasteiger partial charge in [0.1, 0.15) is 10.8 Å². The van der Waals surface area contributed by atoms with Crippen molar-refractivity contribution >= 4 is 40.1 Å². The van der Waals surface area contributed by atoms with E-state index in [1.165, 1.54) is 17.3 Å². The maximum absolute atomic E-state index is 11.3. The summed E-state index contributed by atoms with van der Waals surface area (Å²) >= 11 is 6.46. The summed E-state index contributed by atoms with van der Waals surface area (Å²) in [5, 5.41) is 18.1. The van der Waals surface area contributed by atoms with Crippen LogP contribution in [0, 0.1) is 0 Å². The third-order valence-corrected chi connectivity index (χ3v) is 6.15. The number of aliphatic carboxylic acids is 1. The highest BCUT2D eigenvalue weighted by atomic mass is 35.5. The Labute approximate surface area is 201 Å². The van der Waals surface area contributed by atoms with Crippen molar-refractivity contribution in [2.45, 2.75) is 19.4 Å². The van der Waals surface area contributed by atoms with Crippen LogP contribution in [0.4, 0.5) is 11.6 Å². The van der Waals surface area contributed by atoms with E-state index < -0.39 is 5.97 Å². The Morgan fingerprint density at radius 1 is 1.26 bits per heavy atom. The number of carboxylic acid groups (broad SMARTS) is 1. The van der Waals surface area contributed by atoms with Gasteiger partial charge in [-0.1, -0.05) is 29.8 Å². The van der Waals surface area contributed by atoms with Crippen LogP contribution in [0.3, 0.4) is 0 Å². The van der Waals surface area contributed by atoms with Gasteiger partial charge < -0.3 is 20.1 Å². The minimum absolute atomic E-state index is 0.206. The second kappa shape index (κ2) is 8.92. The molecule has 174 valence electrons. The summed E-state index contributed by atoms with van der Waals surface area (Å²) in [4.78, 5) is 22.6. The summed E-state index contributed by atoms with van der Waals surface area (Å²) < 4.78 is 7.17. The second-order valence-corrected chi connectivity index (χ2v) is 8.65. The van der Waals surface area contributed by atoms with Crippen LogP contribution in [-0.2, 0) is 24.2 Å². The number of fused-ring (bicyclic) bond motifs is 2. The van der Waals surface area contributed by atoms with Crippen LogP contribution in [0.25, 0.3) is 16.7 Å². The molecule has 2 aromatic heterocycles. The van der Waals surface area contributed by atoms with E-state index in [1.54, 1.807) is 11.8 Å². The quantitative estimate of drug-likeness (QED) is 0.430. The van der Waals surface area contributed by atoms with Crippen molar-refractivity contribution in [3.63, 3.8) is 0 Å². The molecule has 0 saturated heterocycles. The number of hydrogen-bond acceptors (Lipinski definition) is 7. The van der Waals surface area contributed by atoms with Gasteiger partial charge in [-0.25, -0.2) is 9.67 Å². The Balaban J connectivity index is 1.55. The largest absolute Gasteiger partial charge is 0.495 e. The van der Waals surface area contributed by atoms with E-state index in [9.17, 15) is 9.90 Å². The number of benzene rings is 2. The molecule has 4 aromatic rings. The molecule has 0 saturated carbocycles. The lowest BCUT2D eigenvalue weighted by atomic mass is 9.99. The molecule has 0 unspecified atom stereocenters. The number of nitrogens with one attached hydrogen (secondary N) is 1. The van der Waals surface area contributed by atoms with Crippen LogP contribution in [0.5, 0.6) is 5.75 Å². The third kappa shape index (κ3) is 4.15. The number of nitrogens with zero attached hydrogens (tertiary/aromatic N) is 5. The van der Waals surface area contributed by atoms with E-state index in [1.807, 2.05) is 24.3 Å². The average molecular weight is 479 g/mol. The van der Waals surface area contributed by atoms with Crippen molar-refractivity contribution in [1.29, 1.82) is 0 Å². The molecular weight excluding hydrogens is 456 g/mol. The van der Waals surface area contributed by atoms with Gasteiger partial charge >= 0.3 is 5.97 Å². The van der Waals surface area contributed by atoms with E-state index in [4.69, 9.17) is 16.3 Å². The summed E-state index contributed by atoms with van der Waals surface area (Å²) in [7, 11) is 3.73. The van der Waals surface area contributed by atoms with Gasteiger partial charge in [0.05, 0.1) is 36.6 Å². The van der Waals surface area contributed by atoms with Gasteiger partial charge in [0.25, 0.3) is 0 Å². The molecule has 0 bridgehead atoms. The number of rotatable bonds is 6. The molecule has 5 rings (SSSR count). The van der Waals surface area contributed by atoms with E-state index in [0.717, 1.165) is 30.6 Å². The summed E-state index contributed by atoms with van der Waals surface area (Å²) in [6.45, 7) is 1.86. The van der Waals surface area contributed by atoms with Gasteiger partial charge in [0, 0.05) is 18.5 Å². The Morgan fingerprint density at radius 2 is 2.09 bits per heavy atom. The Kier molecular flexibility index (Phi) is 5.80. The monoisotopic (exact) mass is 478 g/mol. The predicted molar refractivity (Wildman–Crippen MR) is 129 cm³/mol. The first-order valence-electron chi connectivity index (χ1n) is 10.8. The molecule has 2 N–H and O–H groups in total. The van der Waals surface area contributed by atoms with E-state index in [2.05, 4.69) is 44.5 Å². The molecule has 3 heterocycles. The van der Waals surface area contributed by atoms with Gasteiger partial charge in [-0.15, -0.1) is 0 Å². The van der Waals surface area contributed by atoms with Crippen LogP contribution >= 0.6 is 11.6 Å². The summed E-state index contributed by atoms with van der Waals surface area (Å²) in [6.07, 6.45) is 2.26. The highest BCUT2D eigenvalue weighted by molar-refractivity contribution is 6.32. The molecule has 0 spiro atoms. The number of hydrogen-bond donors (Lipinski definition) is 2. The summed E-state index contributed by atoms with van der Waals surface area (Å²) in [5.41, 5.74) is 4.39. The molecule has 34 heavy (non-hydrogen) atoms. The third-order valence-electron chi connectivity index (χ3n) is 5.88. The van der Waals surface area contributed by atoms with E-state index in [0.29, 0.717) is 33.7 Å². The van der Waals surface area contributed by atoms with Crippen LogP contribution in [0.15, 0.2) is 42.6 Å². The molecular formula is C24H23ClN6O3. The molecule has 2 aromatic carbocycles. The first-order valence-corrected chi connectivity index (χ1v) is 11.2. The first kappa shape index (κ1) is 22.1. The molecule has 0 atom stereocenters. The standard InChI is InChI=1S/C24H23ClN6O3/c1-30-8-7-14-10-21(34-2)19(9-15(14)13-30)27-24-26-12-17(25)23(28-24)31-20-6-4-3-5-16(20)18(29-31)11-22(32)33/h3-6,9-10,12H,7-8,11,13H2,1-2H3,(H,32,33)(H,26,27,28). The zero-order valence-electron chi connectivity index (χ0n) is 18.7. The number of ether oxygens (including phenoxy) is 1. The molecule has 0 aliphatic carbocycles. The van der Waals surface area contributed by atoms with Crippen molar-refractivity contribution in [3.05, 3.63) is 64.4 Å². The number of methoxy groups -OCH3 is 1. The van der Waals surface area contributed by atoms with Crippen molar-refractivity contribution in [1.82, 2.24) is 24.6 Å². The fourth-order valence-corrected chi connectivity index (χ4v) is 4.42. The SMILES string of the molecule is COc1cc2c(cc1Nc1ncc(Cl)c(-n3nc(CC(=O)O)c4ccccc43)n1)CN(C)CC2. The molecule has 0 amide bonds. The number of halogens is 1. The highest BCUT2D eigenvalue weighted by Gasteiger charge is 2.20. The predicted octanol–water partition coefficient (Wildman–Crippen LogP) is 3.84. The fraction of sp³-hybridized carbons (Fsp3) is 0.250. The maximum Gasteiger partial charge on any atom is 0.309 e. The minimum Gasteiger partial charge on any atom is -0.495 e. The van der Waals surface area contributed by atoms with Gasteiger partial charge in [0.2, 0.25) is 5.95 Å². The zero-order chi connectivity index (χ0) is 23.8. The normalized spacial score (nSPS) is 13.6. The van der Waals surface area contributed by atoms with Crippen LogP contribution in [0.2, 0.25) is 5.02 Å². The van der Waals surface area contributed by atoms with Gasteiger partial charge in [-0.3, -0.25) is 4.79 Å². The molecule has 0 radical (unpaired) electrons. The lowest BCUT2D eigenvalue weighted by molar-refractivity contribution is -0.136. The maximum atomic E-state index is 11.3. The average Bonchev–Trinajstić information content (AvgIpc) is 3.17. The summed E-state index contributed by atoms with van der Waals surface area (Å²) in [5.74, 6) is 0.415. The molecule has 10 heteroatoms. The Hall–Kier alpha value is -3.69. The van der Waals surface area contributed by atoms with E-state index in [-0.39, 0.29) is 6.42 Å². The number of likely N-dealkylation sites (N-methyl/N-ethyl adjacent to an activating group) is 1. The Morgan fingerprint density at radius 3 is 2.88 bits per heavy atom. The number of carbonyl (C=O) groups is 1. The highest BCUT2D eigenvalue weighted by Crippen LogP contribution is 2.33. The number of aromatic nitrogens is 4. The van der Waals surface area contributed by atoms with Crippen molar-refractivity contribution in [3.8, 4) is 11.6 Å². The van der Waals surface area contributed by atoms with Crippen molar-refractivity contribution in [2.75, 3.05) is 26.0 Å². The van der Waals surface area contributed by atoms with Crippen LogP contribution in [-0.4, -0.2) is 56.4 Å². The van der Waals surface area contributed by atoms with Gasteiger partial charge in [0.15, 0.2) is 5.82 Å². The number of para-hydroxylation sites is 1.